The zero-order valence-corrected chi connectivity index (χ0v) is 12.7. The Hall–Kier alpha value is -1.65. The molecule has 1 atom stereocenters. The summed E-state index contributed by atoms with van der Waals surface area (Å²) in [5.41, 5.74) is 0.0732. The van der Waals surface area contributed by atoms with Crippen LogP contribution < -0.4 is 5.32 Å². The summed E-state index contributed by atoms with van der Waals surface area (Å²) in [6.07, 6.45) is 4.22. The molecular formula is C15H24FN3O. The lowest BCUT2D eigenvalue weighted by atomic mass is 10.1. The lowest BCUT2D eigenvalue weighted by molar-refractivity contribution is 0.0732. The largest absolute Gasteiger partial charge is 0.368 e. The fourth-order valence-electron chi connectivity index (χ4n) is 1.98. The summed E-state index contributed by atoms with van der Waals surface area (Å²) in [6.45, 7) is 6.65. The van der Waals surface area contributed by atoms with E-state index in [1.54, 1.807) is 11.9 Å². The van der Waals surface area contributed by atoms with Gasteiger partial charge in [0.25, 0.3) is 5.91 Å². The number of hydrogen-bond donors (Lipinski definition) is 1. The van der Waals surface area contributed by atoms with Gasteiger partial charge in [-0.15, -0.1) is 0 Å². The SMILES string of the molecule is CCCNc1nccc(C(=O)N(C)C(C)CCC)c1F. The minimum atomic E-state index is -0.568. The van der Waals surface area contributed by atoms with Crippen molar-refractivity contribution in [2.75, 3.05) is 18.9 Å². The van der Waals surface area contributed by atoms with Crippen LogP contribution in [-0.4, -0.2) is 35.4 Å². The second kappa shape index (κ2) is 7.82. The first-order valence-corrected chi connectivity index (χ1v) is 7.18. The van der Waals surface area contributed by atoms with Crippen LogP contribution in [0.1, 0.15) is 50.4 Å². The molecule has 1 unspecified atom stereocenters. The predicted molar refractivity (Wildman–Crippen MR) is 79.4 cm³/mol. The van der Waals surface area contributed by atoms with Crippen LogP contribution in [0.2, 0.25) is 0 Å². The van der Waals surface area contributed by atoms with E-state index in [4.69, 9.17) is 0 Å². The number of rotatable bonds is 7. The van der Waals surface area contributed by atoms with E-state index in [0.717, 1.165) is 19.3 Å². The lowest BCUT2D eigenvalue weighted by Crippen LogP contribution is -2.35. The second-order valence-electron chi connectivity index (χ2n) is 5.00. The normalized spacial score (nSPS) is 12.1. The summed E-state index contributed by atoms with van der Waals surface area (Å²) in [5, 5.41) is 2.89. The molecule has 5 heteroatoms. The van der Waals surface area contributed by atoms with Crippen LogP contribution in [0, 0.1) is 5.82 Å². The van der Waals surface area contributed by atoms with Crippen molar-refractivity contribution in [3.05, 3.63) is 23.6 Å². The molecule has 1 aromatic heterocycles. The van der Waals surface area contributed by atoms with Crippen LogP contribution in [0.5, 0.6) is 0 Å². The Morgan fingerprint density at radius 3 is 2.75 bits per heavy atom. The molecule has 0 aliphatic heterocycles. The van der Waals surface area contributed by atoms with E-state index in [-0.39, 0.29) is 23.3 Å². The number of nitrogens with one attached hydrogen (secondary N) is 1. The Labute approximate surface area is 120 Å². The van der Waals surface area contributed by atoms with E-state index < -0.39 is 5.82 Å². The minimum absolute atomic E-state index is 0.0732. The number of halogens is 1. The Balaban J connectivity index is 2.92. The van der Waals surface area contributed by atoms with E-state index in [2.05, 4.69) is 17.2 Å². The standard InChI is InChI=1S/C15H24FN3O/c1-5-7-11(3)19(4)15(20)12-8-10-18-14(13(12)16)17-9-6-2/h8,10-11H,5-7,9H2,1-4H3,(H,17,18). The van der Waals surface area contributed by atoms with Crippen molar-refractivity contribution in [3.63, 3.8) is 0 Å². The Morgan fingerprint density at radius 2 is 2.15 bits per heavy atom. The van der Waals surface area contributed by atoms with Crippen molar-refractivity contribution in [1.82, 2.24) is 9.88 Å². The predicted octanol–water partition coefficient (Wildman–Crippen LogP) is 3.30. The molecule has 0 aliphatic carbocycles. The average Bonchev–Trinajstić information content (AvgIpc) is 2.45. The summed E-state index contributed by atoms with van der Waals surface area (Å²) in [7, 11) is 1.71. The van der Waals surface area contributed by atoms with Gasteiger partial charge in [-0.3, -0.25) is 4.79 Å². The number of anilines is 1. The fraction of sp³-hybridized carbons (Fsp3) is 0.600. The molecule has 1 N–H and O–H groups in total. The fourth-order valence-corrected chi connectivity index (χ4v) is 1.98. The minimum Gasteiger partial charge on any atom is -0.368 e. The Kier molecular flexibility index (Phi) is 6.42. The first-order valence-electron chi connectivity index (χ1n) is 7.18. The van der Waals surface area contributed by atoms with Gasteiger partial charge in [-0.2, -0.15) is 0 Å². The highest BCUT2D eigenvalue weighted by Gasteiger charge is 2.22. The van der Waals surface area contributed by atoms with Crippen molar-refractivity contribution in [3.8, 4) is 0 Å². The van der Waals surface area contributed by atoms with Crippen LogP contribution >= 0.6 is 0 Å². The third-order valence-corrected chi connectivity index (χ3v) is 3.35. The Morgan fingerprint density at radius 1 is 1.45 bits per heavy atom. The monoisotopic (exact) mass is 281 g/mol. The van der Waals surface area contributed by atoms with Gasteiger partial charge in [-0.05, 0) is 25.8 Å². The summed E-state index contributed by atoms with van der Waals surface area (Å²) in [5.74, 6) is -0.721. The molecular weight excluding hydrogens is 257 g/mol. The molecule has 0 spiro atoms. The smallest absolute Gasteiger partial charge is 0.257 e. The molecule has 0 aliphatic rings. The van der Waals surface area contributed by atoms with Gasteiger partial charge in [0.2, 0.25) is 0 Å². The van der Waals surface area contributed by atoms with Crippen LogP contribution in [0.4, 0.5) is 10.2 Å². The highest BCUT2D eigenvalue weighted by molar-refractivity contribution is 5.95. The quantitative estimate of drug-likeness (QED) is 0.834. The van der Waals surface area contributed by atoms with Gasteiger partial charge in [-0.25, -0.2) is 9.37 Å². The summed E-state index contributed by atoms with van der Waals surface area (Å²) < 4.78 is 14.3. The molecule has 1 aromatic rings. The molecule has 112 valence electrons. The van der Waals surface area contributed by atoms with E-state index in [9.17, 15) is 9.18 Å². The van der Waals surface area contributed by atoms with E-state index in [0.29, 0.717) is 6.54 Å². The Bertz CT molecular complexity index is 451. The molecule has 0 saturated heterocycles. The third kappa shape index (κ3) is 3.92. The summed E-state index contributed by atoms with van der Waals surface area (Å²) in [6, 6.07) is 1.52. The zero-order valence-electron chi connectivity index (χ0n) is 12.7. The highest BCUT2D eigenvalue weighted by Crippen LogP contribution is 2.18. The van der Waals surface area contributed by atoms with Gasteiger partial charge in [0.05, 0.1) is 5.56 Å². The van der Waals surface area contributed by atoms with Crippen molar-refractivity contribution >= 4 is 11.7 Å². The number of carbonyl (C=O) groups excluding carboxylic acids is 1. The number of pyridine rings is 1. The second-order valence-corrected chi connectivity index (χ2v) is 5.00. The highest BCUT2D eigenvalue weighted by atomic mass is 19.1. The molecule has 0 fully saturated rings. The maximum atomic E-state index is 14.3. The third-order valence-electron chi connectivity index (χ3n) is 3.35. The maximum absolute atomic E-state index is 14.3. The van der Waals surface area contributed by atoms with Crippen LogP contribution in [0.25, 0.3) is 0 Å². The van der Waals surface area contributed by atoms with Crippen molar-refractivity contribution in [2.45, 2.75) is 46.1 Å². The first-order chi connectivity index (χ1) is 9.52. The van der Waals surface area contributed by atoms with Crippen molar-refractivity contribution < 1.29 is 9.18 Å². The number of hydrogen-bond acceptors (Lipinski definition) is 3. The molecule has 0 bridgehead atoms. The van der Waals surface area contributed by atoms with Crippen LogP contribution in [0.3, 0.4) is 0 Å². The van der Waals surface area contributed by atoms with Gasteiger partial charge in [0.1, 0.15) is 0 Å². The van der Waals surface area contributed by atoms with Gasteiger partial charge in [0, 0.05) is 25.8 Å². The number of carbonyl (C=O) groups is 1. The van der Waals surface area contributed by atoms with Gasteiger partial charge < -0.3 is 10.2 Å². The molecule has 4 nitrogen and oxygen atoms in total. The molecule has 20 heavy (non-hydrogen) atoms. The average molecular weight is 281 g/mol. The topological polar surface area (TPSA) is 45.2 Å². The van der Waals surface area contributed by atoms with Gasteiger partial charge in [-0.1, -0.05) is 20.3 Å². The van der Waals surface area contributed by atoms with Crippen molar-refractivity contribution in [2.24, 2.45) is 0 Å². The maximum Gasteiger partial charge on any atom is 0.257 e. The molecule has 1 heterocycles. The summed E-state index contributed by atoms with van der Waals surface area (Å²) in [4.78, 5) is 17.9. The van der Waals surface area contributed by atoms with Gasteiger partial charge in [0.15, 0.2) is 11.6 Å². The number of aromatic nitrogens is 1. The van der Waals surface area contributed by atoms with Crippen LogP contribution in [-0.2, 0) is 0 Å². The van der Waals surface area contributed by atoms with E-state index in [1.165, 1.54) is 12.3 Å². The van der Waals surface area contributed by atoms with Gasteiger partial charge >= 0.3 is 0 Å². The molecule has 0 aromatic carbocycles. The number of nitrogens with zero attached hydrogens (tertiary/aromatic N) is 2. The molecule has 0 radical (unpaired) electrons. The zero-order chi connectivity index (χ0) is 15.1. The number of amides is 1. The summed E-state index contributed by atoms with van der Waals surface area (Å²) >= 11 is 0. The van der Waals surface area contributed by atoms with Crippen LogP contribution in [0.15, 0.2) is 12.3 Å². The first kappa shape index (κ1) is 16.4. The van der Waals surface area contributed by atoms with E-state index in [1.807, 2.05) is 13.8 Å². The molecule has 1 amide bonds. The van der Waals surface area contributed by atoms with Crippen molar-refractivity contribution in [1.29, 1.82) is 0 Å². The lowest BCUT2D eigenvalue weighted by Gasteiger charge is -2.25. The molecule has 1 rings (SSSR count). The molecule has 0 saturated carbocycles. The van der Waals surface area contributed by atoms with E-state index >= 15 is 0 Å².